The number of anilines is 2. The first-order valence-corrected chi connectivity index (χ1v) is 10.7. The molecular formula is C22H30N6O2. The summed E-state index contributed by atoms with van der Waals surface area (Å²) < 4.78 is 5.44. The number of aryl methyl sites for hydroxylation is 1. The lowest BCUT2D eigenvalue weighted by Crippen LogP contribution is -2.49. The van der Waals surface area contributed by atoms with E-state index in [9.17, 15) is 4.79 Å². The number of piperazine rings is 1. The number of hydrogen-bond acceptors (Lipinski definition) is 7. The van der Waals surface area contributed by atoms with Gasteiger partial charge in [0.05, 0.1) is 18.8 Å². The smallest absolute Gasteiger partial charge is 0.257 e. The number of aromatic nitrogens is 3. The molecule has 0 unspecified atom stereocenters. The third kappa shape index (κ3) is 4.38. The van der Waals surface area contributed by atoms with Crippen LogP contribution in [0.25, 0.3) is 0 Å². The summed E-state index contributed by atoms with van der Waals surface area (Å²) in [5.74, 6) is 2.92. The van der Waals surface area contributed by atoms with Crippen molar-refractivity contribution >= 4 is 17.5 Å². The van der Waals surface area contributed by atoms with Gasteiger partial charge in [0, 0.05) is 63.1 Å². The van der Waals surface area contributed by atoms with Crippen molar-refractivity contribution in [2.75, 3.05) is 62.3 Å². The van der Waals surface area contributed by atoms with E-state index in [2.05, 4.69) is 33.6 Å². The van der Waals surface area contributed by atoms with Crippen molar-refractivity contribution in [3.05, 3.63) is 41.5 Å². The number of ether oxygens (including phenoxy) is 1. The van der Waals surface area contributed by atoms with Crippen LogP contribution in [0.4, 0.5) is 11.6 Å². The van der Waals surface area contributed by atoms with Crippen molar-refractivity contribution in [3.8, 4) is 0 Å². The second-order valence-electron chi connectivity index (χ2n) is 8.13. The van der Waals surface area contributed by atoms with Crippen molar-refractivity contribution in [2.24, 2.45) is 0 Å². The molecule has 0 bridgehead atoms. The Kier molecular flexibility index (Phi) is 6.13. The van der Waals surface area contributed by atoms with E-state index < -0.39 is 0 Å². The van der Waals surface area contributed by atoms with Crippen LogP contribution in [0.15, 0.2) is 24.4 Å². The van der Waals surface area contributed by atoms with Crippen molar-refractivity contribution in [1.29, 1.82) is 0 Å². The quantitative estimate of drug-likeness (QED) is 0.764. The average molecular weight is 411 g/mol. The van der Waals surface area contributed by atoms with Crippen LogP contribution in [0.1, 0.15) is 41.6 Å². The fourth-order valence-corrected chi connectivity index (χ4v) is 3.89. The van der Waals surface area contributed by atoms with Gasteiger partial charge in [-0.2, -0.15) is 0 Å². The molecule has 2 saturated heterocycles. The van der Waals surface area contributed by atoms with Crippen LogP contribution in [-0.2, 0) is 4.74 Å². The first-order chi connectivity index (χ1) is 14.5. The van der Waals surface area contributed by atoms with Gasteiger partial charge in [0.1, 0.15) is 17.5 Å². The standard InChI is InChI=1S/C22H30N6O2/c1-16(2)20-24-17(3)15-19(25-20)26-7-9-28(10-8-26)22(29)18-5-4-6-23-21(18)27-11-13-30-14-12-27/h4-6,15-16H,7-14H2,1-3H3. The van der Waals surface area contributed by atoms with E-state index in [-0.39, 0.29) is 11.8 Å². The van der Waals surface area contributed by atoms with Crippen LogP contribution < -0.4 is 9.80 Å². The lowest BCUT2D eigenvalue weighted by molar-refractivity contribution is 0.0745. The summed E-state index contributed by atoms with van der Waals surface area (Å²) in [6, 6.07) is 5.75. The molecule has 1 amide bonds. The van der Waals surface area contributed by atoms with Gasteiger partial charge in [-0.05, 0) is 19.1 Å². The monoisotopic (exact) mass is 410 g/mol. The third-order valence-corrected chi connectivity index (χ3v) is 5.59. The van der Waals surface area contributed by atoms with Crippen LogP contribution in [0, 0.1) is 6.92 Å². The molecule has 2 aromatic heterocycles. The molecule has 2 aliphatic heterocycles. The van der Waals surface area contributed by atoms with Gasteiger partial charge in [-0.25, -0.2) is 15.0 Å². The lowest BCUT2D eigenvalue weighted by Gasteiger charge is -2.36. The van der Waals surface area contributed by atoms with Crippen LogP contribution in [0.3, 0.4) is 0 Å². The van der Waals surface area contributed by atoms with Gasteiger partial charge in [0.15, 0.2) is 0 Å². The second kappa shape index (κ2) is 8.95. The van der Waals surface area contributed by atoms with Gasteiger partial charge >= 0.3 is 0 Å². The molecule has 0 N–H and O–H groups in total. The fraction of sp³-hybridized carbons (Fsp3) is 0.545. The highest BCUT2D eigenvalue weighted by Crippen LogP contribution is 2.23. The molecule has 2 aromatic rings. The molecule has 0 saturated carbocycles. The summed E-state index contributed by atoms with van der Waals surface area (Å²) in [5, 5.41) is 0. The first kappa shape index (κ1) is 20.5. The second-order valence-corrected chi connectivity index (χ2v) is 8.13. The number of rotatable bonds is 4. The number of nitrogens with zero attached hydrogens (tertiary/aromatic N) is 6. The maximum Gasteiger partial charge on any atom is 0.257 e. The summed E-state index contributed by atoms with van der Waals surface area (Å²) >= 11 is 0. The molecular weight excluding hydrogens is 380 g/mol. The minimum absolute atomic E-state index is 0.0472. The molecule has 0 atom stereocenters. The Labute approximate surface area is 177 Å². The lowest BCUT2D eigenvalue weighted by atomic mass is 10.1. The number of amides is 1. The van der Waals surface area contributed by atoms with Gasteiger partial charge in [0.2, 0.25) is 0 Å². The average Bonchev–Trinajstić information content (AvgIpc) is 2.79. The molecule has 160 valence electrons. The molecule has 8 nitrogen and oxygen atoms in total. The Bertz CT molecular complexity index is 889. The van der Waals surface area contributed by atoms with E-state index >= 15 is 0 Å². The summed E-state index contributed by atoms with van der Waals surface area (Å²) in [5.41, 5.74) is 1.65. The number of morpholine rings is 1. The van der Waals surface area contributed by atoms with E-state index in [0.29, 0.717) is 31.9 Å². The molecule has 4 rings (SSSR count). The predicted octanol–water partition coefficient (Wildman–Crippen LogP) is 2.10. The molecule has 0 spiro atoms. The van der Waals surface area contributed by atoms with Crippen molar-refractivity contribution in [3.63, 3.8) is 0 Å². The number of hydrogen-bond donors (Lipinski definition) is 0. The highest BCUT2D eigenvalue weighted by Gasteiger charge is 2.27. The number of carbonyl (C=O) groups is 1. The first-order valence-electron chi connectivity index (χ1n) is 10.7. The fourth-order valence-electron chi connectivity index (χ4n) is 3.89. The maximum absolute atomic E-state index is 13.3. The van der Waals surface area contributed by atoms with E-state index in [1.54, 1.807) is 6.20 Å². The van der Waals surface area contributed by atoms with Crippen LogP contribution in [0.2, 0.25) is 0 Å². The Hall–Kier alpha value is -2.74. The highest BCUT2D eigenvalue weighted by molar-refractivity contribution is 5.99. The summed E-state index contributed by atoms with van der Waals surface area (Å²) in [6.07, 6.45) is 1.75. The topological polar surface area (TPSA) is 74.7 Å². The molecule has 30 heavy (non-hydrogen) atoms. The van der Waals surface area contributed by atoms with E-state index in [4.69, 9.17) is 9.72 Å². The molecule has 4 heterocycles. The largest absolute Gasteiger partial charge is 0.378 e. The van der Waals surface area contributed by atoms with Gasteiger partial charge < -0.3 is 19.4 Å². The normalized spacial score (nSPS) is 17.5. The Morgan fingerprint density at radius 2 is 1.77 bits per heavy atom. The predicted molar refractivity (Wildman–Crippen MR) is 116 cm³/mol. The van der Waals surface area contributed by atoms with Crippen molar-refractivity contribution < 1.29 is 9.53 Å². The molecule has 8 heteroatoms. The van der Waals surface area contributed by atoms with E-state index in [0.717, 1.165) is 49.3 Å². The minimum atomic E-state index is 0.0472. The zero-order valence-corrected chi connectivity index (χ0v) is 18.0. The Morgan fingerprint density at radius 3 is 2.47 bits per heavy atom. The minimum Gasteiger partial charge on any atom is -0.378 e. The SMILES string of the molecule is Cc1cc(N2CCN(C(=O)c3cccnc3N3CCOCC3)CC2)nc(C(C)C)n1. The molecule has 2 aliphatic rings. The Balaban J connectivity index is 1.46. The number of pyridine rings is 1. The van der Waals surface area contributed by atoms with Crippen molar-refractivity contribution in [1.82, 2.24) is 19.9 Å². The van der Waals surface area contributed by atoms with Gasteiger partial charge in [-0.3, -0.25) is 4.79 Å². The summed E-state index contributed by atoms with van der Waals surface area (Å²) in [7, 11) is 0. The van der Waals surface area contributed by atoms with E-state index in [1.807, 2.05) is 30.0 Å². The molecule has 2 fully saturated rings. The zero-order valence-electron chi connectivity index (χ0n) is 18.0. The molecule has 0 aliphatic carbocycles. The van der Waals surface area contributed by atoms with Gasteiger partial charge in [0.25, 0.3) is 5.91 Å². The Morgan fingerprint density at radius 1 is 1.03 bits per heavy atom. The zero-order chi connectivity index (χ0) is 21.1. The van der Waals surface area contributed by atoms with Crippen LogP contribution in [-0.4, -0.2) is 78.2 Å². The van der Waals surface area contributed by atoms with E-state index in [1.165, 1.54) is 0 Å². The molecule has 0 radical (unpaired) electrons. The van der Waals surface area contributed by atoms with Gasteiger partial charge in [-0.15, -0.1) is 0 Å². The highest BCUT2D eigenvalue weighted by atomic mass is 16.5. The van der Waals surface area contributed by atoms with Crippen LogP contribution in [0.5, 0.6) is 0 Å². The van der Waals surface area contributed by atoms with Crippen molar-refractivity contribution in [2.45, 2.75) is 26.7 Å². The summed E-state index contributed by atoms with van der Waals surface area (Å²) in [4.78, 5) is 33.4. The maximum atomic E-state index is 13.3. The van der Waals surface area contributed by atoms with Crippen LogP contribution >= 0.6 is 0 Å². The third-order valence-electron chi connectivity index (χ3n) is 5.59. The molecule has 0 aromatic carbocycles. The van der Waals surface area contributed by atoms with Gasteiger partial charge in [-0.1, -0.05) is 13.8 Å². The summed E-state index contributed by atoms with van der Waals surface area (Å²) in [6.45, 7) is 11.9. The number of carbonyl (C=O) groups excluding carboxylic acids is 1.